The second-order valence-corrected chi connectivity index (χ2v) is 7.78. The summed E-state index contributed by atoms with van der Waals surface area (Å²) in [4.78, 5) is 38.1. The lowest BCUT2D eigenvalue weighted by molar-refractivity contribution is -0.122. The van der Waals surface area contributed by atoms with E-state index >= 15 is 0 Å². The van der Waals surface area contributed by atoms with Crippen LogP contribution in [0.2, 0.25) is 5.02 Å². The van der Waals surface area contributed by atoms with Gasteiger partial charge in [-0.25, -0.2) is 9.69 Å². The second kappa shape index (κ2) is 8.61. The summed E-state index contributed by atoms with van der Waals surface area (Å²) < 4.78 is 5.72. The minimum atomic E-state index is -0.785. The zero-order chi connectivity index (χ0) is 21.1. The van der Waals surface area contributed by atoms with E-state index in [-0.39, 0.29) is 5.57 Å². The molecule has 1 fully saturated rings. The van der Waals surface area contributed by atoms with Crippen LogP contribution in [0.5, 0.6) is 0 Å². The topological polar surface area (TPSA) is 79.6 Å². The Morgan fingerprint density at radius 2 is 1.70 bits per heavy atom. The van der Waals surface area contributed by atoms with Gasteiger partial charge in [-0.15, -0.1) is 0 Å². The second-order valence-electron chi connectivity index (χ2n) is 6.37. The summed E-state index contributed by atoms with van der Waals surface area (Å²) in [6.07, 6.45) is 1.34. The van der Waals surface area contributed by atoms with Crippen molar-refractivity contribution < 1.29 is 18.8 Å². The Hall–Kier alpha value is -3.29. The average Bonchev–Trinajstić information content (AvgIpc) is 3.19. The minimum absolute atomic E-state index is 0.179. The van der Waals surface area contributed by atoms with Crippen molar-refractivity contribution in [1.82, 2.24) is 5.32 Å². The van der Waals surface area contributed by atoms with E-state index < -0.39 is 17.8 Å². The Morgan fingerprint density at radius 1 is 0.967 bits per heavy atom. The molecular formula is C22H15ClN2O4S. The highest BCUT2D eigenvalue weighted by Crippen LogP contribution is 2.27. The SMILES string of the molecule is O=C1NC(=O)N(c2ccccc2)C(=O)C1=Cc1ccc(SCc2ccc(Cl)cc2)o1. The van der Waals surface area contributed by atoms with Crippen molar-refractivity contribution in [2.45, 2.75) is 10.8 Å². The minimum Gasteiger partial charge on any atom is -0.450 e. The summed E-state index contributed by atoms with van der Waals surface area (Å²) in [6, 6.07) is 18.6. The number of amides is 4. The molecule has 1 saturated heterocycles. The normalized spacial score (nSPS) is 15.6. The van der Waals surface area contributed by atoms with Crippen LogP contribution in [0.1, 0.15) is 11.3 Å². The third kappa shape index (κ3) is 4.32. The van der Waals surface area contributed by atoms with Gasteiger partial charge in [0.25, 0.3) is 11.8 Å². The van der Waals surface area contributed by atoms with Gasteiger partial charge in [-0.1, -0.05) is 53.7 Å². The quantitative estimate of drug-likeness (QED) is 0.348. The molecule has 0 saturated carbocycles. The molecular weight excluding hydrogens is 424 g/mol. The number of barbiturate groups is 1. The van der Waals surface area contributed by atoms with E-state index in [1.54, 1.807) is 42.5 Å². The number of hydrogen-bond acceptors (Lipinski definition) is 5. The molecule has 150 valence electrons. The predicted molar refractivity (Wildman–Crippen MR) is 115 cm³/mol. The lowest BCUT2D eigenvalue weighted by atomic mass is 10.1. The molecule has 0 bridgehead atoms. The number of imide groups is 2. The zero-order valence-corrected chi connectivity index (χ0v) is 17.1. The van der Waals surface area contributed by atoms with Crippen LogP contribution in [-0.2, 0) is 15.3 Å². The molecule has 3 aromatic rings. The van der Waals surface area contributed by atoms with Gasteiger partial charge < -0.3 is 4.42 Å². The lowest BCUT2D eigenvalue weighted by Crippen LogP contribution is -2.54. The molecule has 0 atom stereocenters. The standard InChI is InChI=1S/C22H15ClN2O4S/c23-15-8-6-14(7-9-15)13-30-19-11-10-17(29-19)12-18-20(26)24-22(28)25(21(18)27)16-4-2-1-3-5-16/h1-12H,13H2,(H,24,26,28). The van der Waals surface area contributed by atoms with Gasteiger partial charge in [0.2, 0.25) is 0 Å². The first-order valence-electron chi connectivity index (χ1n) is 8.95. The molecule has 8 heteroatoms. The number of nitrogens with zero attached hydrogens (tertiary/aromatic N) is 1. The van der Waals surface area contributed by atoms with Gasteiger partial charge in [-0.05, 0) is 48.0 Å². The Bertz CT molecular complexity index is 1140. The van der Waals surface area contributed by atoms with Crippen LogP contribution in [0.3, 0.4) is 0 Å². The summed E-state index contributed by atoms with van der Waals surface area (Å²) in [7, 11) is 0. The van der Waals surface area contributed by atoms with Crippen molar-refractivity contribution in [3.63, 3.8) is 0 Å². The highest BCUT2D eigenvalue weighted by Gasteiger charge is 2.36. The van der Waals surface area contributed by atoms with Gasteiger partial charge in [0.1, 0.15) is 11.3 Å². The molecule has 30 heavy (non-hydrogen) atoms. The number of anilines is 1. The molecule has 2 heterocycles. The molecule has 1 aliphatic heterocycles. The maximum Gasteiger partial charge on any atom is 0.335 e. The number of para-hydroxylation sites is 1. The van der Waals surface area contributed by atoms with E-state index in [4.69, 9.17) is 16.0 Å². The fourth-order valence-electron chi connectivity index (χ4n) is 2.84. The van der Waals surface area contributed by atoms with Crippen molar-refractivity contribution in [1.29, 1.82) is 0 Å². The van der Waals surface area contributed by atoms with Crippen molar-refractivity contribution >= 4 is 53.0 Å². The molecule has 0 spiro atoms. The van der Waals surface area contributed by atoms with Crippen LogP contribution in [0.25, 0.3) is 6.08 Å². The van der Waals surface area contributed by atoms with Crippen LogP contribution in [-0.4, -0.2) is 17.8 Å². The number of benzene rings is 2. The molecule has 1 aromatic heterocycles. The van der Waals surface area contributed by atoms with Crippen molar-refractivity contribution in [2.75, 3.05) is 4.90 Å². The summed E-state index contributed by atoms with van der Waals surface area (Å²) >= 11 is 7.36. The van der Waals surface area contributed by atoms with Gasteiger partial charge in [-0.2, -0.15) is 0 Å². The molecule has 0 radical (unpaired) electrons. The van der Waals surface area contributed by atoms with E-state index in [9.17, 15) is 14.4 Å². The summed E-state index contributed by atoms with van der Waals surface area (Å²) in [6.45, 7) is 0. The highest BCUT2D eigenvalue weighted by molar-refractivity contribution is 7.98. The summed E-state index contributed by atoms with van der Waals surface area (Å²) in [5, 5.41) is 3.50. The number of furan rings is 1. The number of carbonyl (C=O) groups excluding carboxylic acids is 3. The fraction of sp³-hybridized carbons (Fsp3) is 0.0455. The van der Waals surface area contributed by atoms with Crippen LogP contribution >= 0.6 is 23.4 Å². The van der Waals surface area contributed by atoms with E-state index in [1.807, 2.05) is 24.3 Å². The van der Waals surface area contributed by atoms with E-state index in [0.717, 1.165) is 10.5 Å². The summed E-state index contributed by atoms with van der Waals surface area (Å²) in [5.74, 6) is -0.448. The van der Waals surface area contributed by atoms with Gasteiger partial charge in [-0.3, -0.25) is 14.9 Å². The third-order valence-corrected chi connectivity index (χ3v) is 5.53. The van der Waals surface area contributed by atoms with E-state index in [1.165, 1.54) is 17.8 Å². The predicted octanol–water partition coefficient (Wildman–Crippen LogP) is 4.89. The van der Waals surface area contributed by atoms with E-state index in [0.29, 0.717) is 27.3 Å². The van der Waals surface area contributed by atoms with Gasteiger partial charge >= 0.3 is 6.03 Å². The van der Waals surface area contributed by atoms with Crippen molar-refractivity contribution in [3.05, 3.63) is 88.6 Å². The molecule has 4 amide bonds. The molecule has 0 unspecified atom stereocenters. The van der Waals surface area contributed by atoms with Crippen LogP contribution < -0.4 is 10.2 Å². The van der Waals surface area contributed by atoms with Crippen LogP contribution in [0, 0.1) is 0 Å². The van der Waals surface area contributed by atoms with Crippen molar-refractivity contribution in [3.8, 4) is 0 Å². The first-order valence-corrected chi connectivity index (χ1v) is 10.3. The van der Waals surface area contributed by atoms with E-state index in [2.05, 4.69) is 5.32 Å². The Kier molecular flexibility index (Phi) is 5.74. The number of halogens is 1. The lowest BCUT2D eigenvalue weighted by Gasteiger charge is -2.26. The maximum absolute atomic E-state index is 12.8. The average molecular weight is 439 g/mol. The third-order valence-electron chi connectivity index (χ3n) is 4.30. The zero-order valence-electron chi connectivity index (χ0n) is 15.5. The largest absolute Gasteiger partial charge is 0.450 e. The molecule has 4 rings (SSSR count). The first kappa shape index (κ1) is 20.0. The Balaban J connectivity index is 1.52. The smallest absolute Gasteiger partial charge is 0.335 e. The number of hydrogen-bond donors (Lipinski definition) is 1. The first-order chi connectivity index (χ1) is 14.5. The number of carbonyl (C=O) groups is 3. The van der Waals surface area contributed by atoms with Crippen LogP contribution in [0.4, 0.5) is 10.5 Å². The van der Waals surface area contributed by atoms with Crippen molar-refractivity contribution in [2.24, 2.45) is 0 Å². The monoisotopic (exact) mass is 438 g/mol. The van der Waals surface area contributed by atoms with Gasteiger partial charge in [0, 0.05) is 10.8 Å². The number of nitrogens with one attached hydrogen (secondary N) is 1. The molecule has 1 aliphatic rings. The van der Waals surface area contributed by atoms with Gasteiger partial charge in [0.15, 0.2) is 5.09 Å². The van der Waals surface area contributed by atoms with Gasteiger partial charge in [0.05, 0.1) is 5.69 Å². The Morgan fingerprint density at radius 3 is 2.43 bits per heavy atom. The molecule has 6 nitrogen and oxygen atoms in total. The molecule has 0 aliphatic carbocycles. The molecule has 2 aromatic carbocycles. The van der Waals surface area contributed by atoms with Crippen LogP contribution in [0.15, 0.2) is 81.8 Å². The Labute approximate surface area is 181 Å². The number of thioether (sulfide) groups is 1. The molecule has 1 N–H and O–H groups in total. The number of rotatable bonds is 5. The fourth-order valence-corrected chi connectivity index (χ4v) is 3.78. The highest BCUT2D eigenvalue weighted by atomic mass is 35.5. The summed E-state index contributed by atoms with van der Waals surface area (Å²) in [5.41, 5.74) is 1.28. The number of urea groups is 1. The maximum atomic E-state index is 12.8.